The minimum absolute atomic E-state index is 0.0183. The Morgan fingerprint density at radius 1 is 1.00 bits per heavy atom. The lowest BCUT2D eigenvalue weighted by Gasteiger charge is -2.12. The molecule has 174 valence electrons. The summed E-state index contributed by atoms with van der Waals surface area (Å²) in [7, 11) is 0. The summed E-state index contributed by atoms with van der Waals surface area (Å²) in [5.74, 6) is -0.292. The van der Waals surface area contributed by atoms with E-state index in [9.17, 15) is 9.18 Å². The Morgan fingerprint density at radius 3 is 2.47 bits per heavy atom. The van der Waals surface area contributed by atoms with Crippen molar-refractivity contribution < 1.29 is 9.18 Å². The van der Waals surface area contributed by atoms with E-state index in [0.29, 0.717) is 32.5 Å². The van der Waals surface area contributed by atoms with Crippen molar-refractivity contribution in [1.82, 2.24) is 20.1 Å². The Kier molecular flexibility index (Phi) is 8.16. The number of aromatic nitrogens is 3. The predicted octanol–water partition coefficient (Wildman–Crippen LogP) is 7.35. The summed E-state index contributed by atoms with van der Waals surface area (Å²) in [4.78, 5) is 12.6. The van der Waals surface area contributed by atoms with Crippen molar-refractivity contribution in [2.75, 3.05) is 0 Å². The first kappa shape index (κ1) is 25.0. The second-order valence-corrected chi connectivity index (χ2v) is 10.1. The topological polar surface area (TPSA) is 59.8 Å². The van der Waals surface area contributed by atoms with Crippen LogP contribution in [0.3, 0.4) is 0 Å². The molecule has 0 aliphatic carbocycles. The van der Waals surface area contributed by atoms with Crippen LogP contribution in [0.25, 0.3) is 5.69 Å². The van der Waals surface area contributed by atoms with Crippen LogP contribution in [-0.4, -0.2) is 20.7 Å². The first-order valence-electron chi connectivity index (χ1n) is 9.82. The standard InChI is InChI=1S/C23H15BrCl3FN4OS/c24-14-6-4-13(5-7-14)12-34-23-31-30-20(32(23)15-8-9-16(25)18(27)10-15)11-29-22(33)21-17(26)2-1-3-19(21)28/h1-10H,11-12H2,(H,29,33). The van der Waals surface area contributed by atoms with E-state index in [0.717, 1.165) is 10.0 Å². The zero-order chi connectivity index (χ0) is 24.2. The molecule has 0 aliphatic rings. The van der Waals surface area contributed by atoms with Gasteiger partial charge >= 0.3 is 0 Å². The van der Waals surface area contributed by atoms with E-state index in [1.807, 2.05) is 24.3 Å². The van der Waals surface area contributed by atoms with Gasteiger partial charge in [-0.15, -0.1) is 10.2 Å². The predicted molar refractivity (Wildman–Crippen MR) is 138 cm³/mol. The van der Waals surface area contributed by atoms with Gasteiger partial charge in [0, 0.05) is 10.2 Å². The molecule has 0 fully saturated rings. The Hall–Kier alpha value is -2.10. The highest BCUT2D eigenvalue weighted by molar-refractivity contribution is 9.10. The van der Waals surface area contributed by atoms with Gasteiger partial charge < -0.3 is 5.32 Å². The van der Waals surface area contributed by atoms with Gasteiger partial charge in [0.25, 0.3) is 5.91 Å². The molecule has 0 radical (unpaired) electrons. The Balaban J connectivity index is 1.61. The minimum atomic E-state index is -0.707. The van der Waals surface area contributed by atoms with Crippen molar-refractivity contribution >= 4 is 68.4 Å². The number of rotatable bonds is 7. The number of benzene rings is 3. The third-order valence-electron chi connectivity index (χ3n) is 4.74. The molecule has 1 amide bonds. The van der Waals surface area contributed by atoms with E-state index in [1.54, 1.807) is 22.8 Å². The Labute approximate surface area is 222 Å². The van der Waals surface area contributed by atoms with Crippen molar-refractivity contribution in [2.24, 2.45) is 0 Å². The molecule has 4 rings (SSSR count). The fourth-order valence-electron chi connectivity index (χ4n) is 3.08. The van der Waals surface area contributed by atoms with Gasteiger partial charge in [-0.05, 0) is 48.0 Å². The average molecular weight is 601 g/mol. The summed E-state index contributed by atoms with van der Waals surface area (Å²) in [6.07, 6.45) is 0. The number of amides is 1. The quantitative estimate of drug-likeness (QED) is 0.225. The van der Waals surface area contributed by atoms with Gasteiger partial charge in [0.2, 0.25) is 0 Å². The zero-order valence-corrected chi connectivity index (χ0v) is 21.9. The molecule has 0 bridgehead atoms. The molecule has 0 saturated heterocycles. The summed E-state index contributed by atoms with van der Waals surface area (Å²) < 4.78 is 16.9. The maximum atomic E-state index is 14.1. The fourth-order valence-corrected chi connectivity index (χ4v) is 4.81. The van der Waals surface area contributed by atoms with E-state index in [4.69, 9.17) is 34.8 Å². The van der Waals surface area contributed by atoms with E-state index in [-0.39, 0.29) is 17.1 Å². The van der Waals surface area contributed by atoms with Gasteiger partial charge in [-0.3, -0.25) is 9.36 Å². The number of hydrogen-bond donors (Lipinski definition) is 1. The number of nitrogens with zero attached hydrogens (tertiary/aromatic N) is 3. The molecule has 4 aromatic rings. The van der Waals surface area contributed by atoms with Gasteiger partial charge in [0.1, 0.15) is 5.82 Å². The number of hydrogen-bond acceptors (Lipinski definition) is 4. The van der Waals surface area contributed by atoms with Crippen molar-refractivity contribution in [3.63, 3.8) is 0 Å². The summed E-state index contributed by atoms with van der Waals surface area (Å²) in [6, 6.07) is 17.2. The smallest absolute Gasteiger partial charge is 0.256 e. The molecule has 0 aliphatic heterocycles. The molecule has 0 saturated carbocycles. The van der Waals surface area contributed by atoms with Crippen LogP contribution in [0.5, 0.6) is 0 Å². The molecular weight excluding hydrogens is 586 g/mol. The molecule has 34 heavy (non-hydrogen) atoms. The highest BCUT2D eigenvalue weighted by Crippen LogP contribution is 2.30. The summed E-state index contributed by atoms with van der Waals surface area (Å²) >= 11 is 23.2. The number of carbonyl (C=O) groups is 1. The molecule has 0 unspecified atom stereocenters. The van der Waals surface area contributed by atoms with Crippen molar-refractivity contribution in [1.29, 1.82) is 0 Å². The van der Waals surface area contributed by atoms with Crippen molar-refractivity contribution in [3.8, 4) is 5.69 Å². The molecule has 0 spiro atoms. The van der Waals surface area contributed by atoms with Crippen molar-refractivity contribution in [2.45, 2.75) is 17.5 Å². The summed E-state index contributed by atoms with van der Waals surface area (Å²) in [5, 5.41) is 12.6. The third-order valence-corrected chi connectivity index (χ3v) is 7.32. The van der Waals surface area contributed by atoms with E-state index in [1.165, 1.54) is 30.0 Å². The first-order chi connectivity index (χ1) is 16.3. The Morgan fingerprint density at radius 2 is 1.76 bits per heavy atom. The van der Waals surface area contributed by atoms with Gasteiger partial charge in [-0.25, -0.2) is 4.39 Å². The molecule has 5 nitrogen and oxygen atoms in total. The molecule has 11 heteroatoms. The highest BCUT2D eigenvalue weighted by atomic mass is 79.9. The van der Waals surface area contributed by atoms with Crippen LogP contribution in [0, 0.1) is 5.82 Å². The van der Waals surface area contributed by atoms with Gasteiger partial charge in [-0.2, -0.15) is 0 Å². The molecule has 3 aromatic carbocycles. The van der Waals surface area contributed by atoms with Crippen LogP contribution >= 0.6 is 62.5 Å². The molecule has 1 aromatic heterocycles. The second kappa shape index (κ2) is 11.1. The molecule has 1 heterocycles. The average Bonchev–Trinajstić information content (AvgIpc) is 3.22. The lowest BCUT2D eigenvalue weighted by Crippen LogP contribution is -2.26. The second-order valence-electron chi connectivity index (χ2n) is 7.03. The lowest BCUT2D eigenvalue weighted by atomic mass is 10.2. The van der Waals surface area contributed by atoms with Crippen LogP contribution in [-0.2, 0) is 12.3 Å². The van der Waals surface area contributed by atoms with Gasteiger partial charge in [0.15, 0.2) is 11.0 Å². The van der Waals surface area contributed by atoms with Crippen molar-refractivity contribution in [3.05, 3.63) is 103 Å². The van der Waals surface area contributed by atoms with E-state index in [2.05, 4.69) is 31.4 Å². The number of thioether (sulfide) groups is 1. The monoisotopic (exact) mass is 598 g/mol. The molecule has 1 N–H and O–H groups in total. The maximum Gasteiger partial charge on any atom is 0.256 e. The largest absolute Gasteiger partial charge is 0.345 e. The van der Waals surface area contributed by atoms with Crippen LogP contribution in [0.1, 0.15) is 21.7 Å². The molecular formula is C23H15BrCl3FN4OS. The van der Waals surface area contributed by atoms with Crippen LogP contribution in [0.2, 0.25) is 15.1 Å². The molecule has 0 atom stereocenters. The zero-order valence-electron chi connectivity index (χ0n) is 17.2. The lowest BCUT2D eigenvalue weighted by molar-refractivity contribution is 0.0945. The van der Waals surface area contributed by atoms with E-state index < -0.39 is 11.7 Å². The fraction of sp³-hybridized carbons (Fsp3) is 0.0870. The number of carbonyl (C=O) groups excluding carboxylic acids is 1. The number of nitrogens with one attached hydrogen (secondary N) is 1. The summed E-state index contributed by atoms with van der Waals surface area (Å²) in [6.45, 7) is -0.0183. The minimum Gasteiger partial charge on any atom is -0.345 e. The van der Waals surface area contributed by atoms with Crippen LogP contribution in [0.4, 0.5) is 4.39 Å². The Bertz CT molecular complexity index is 1330. The number of halogens is 5. The maximum absolute atomic E-state index is 14.1. The van der Waals surface area contributed by atoms with Gasteiger partial charge in [0.05, 0.1) is 32.9 Å². The SMILES string of the molecule is O=C(NCc1nnc(SCc2ccc(Br)cc2)n1-c1ccc(Cl)c(Cl)c1)c1c(F)cccc1Cl. The van der Waals surface area contributed by atoms with Crippen LogP contribution < -0.4 is 5.32 Å². The summed E-state index contributed by atoms with van der Waals surface area (Å²) in [5.41, 5.74) is 1.54. The highest BCUT2D eigenvalue weighted by Gasteiger charge is 2.19. The third kappa shape index (κ3) is 5.75. The normalized spacial score (nSPS) is 11.0. The van der Waals surface area contributed by atoms with Gasteiger partial charge in [-0.1, -0.05) is 80.7 Å². The first-order valence-corrected chi connectivity index (χ1v) is 12.7. The van der Waals surface area contributed by atoms with E-state index >= 15 is 0 Å². The van der Waals surface area contributed by atoms with Crippen LogP contribution in [0.15, 0.2) is 70.3 Å².